The van der Waals surface area contributed by atoms with Crippen molar-refractivity contribution >= 4 is 17.5 Å². The van der Waals surface area contributed by atoms with Crippen LogP contribution in [0.25, 0.3) is 0 Å². The maximum Gasteiger partial charge on any atom is 0.238 e. The molecule has 2 aromatic rings. The maximum absolute atomic E-state index is 12.9. The zero-order chi connectivity index (χ0) is 19.8. The van der Waals surface area contributed by atoms with Gasteiger partial charge in [-0.05, 0) is 37.4 Å². The molecular formula is C20H24FN3O3. The van der Waals surface area contributed by atoms with E-state index in [1.54, 1.807) is 31.0 Å². The van der Waals surface area contributed by atoms with Crippen molar-refractivity contribution in [3.05, 3.63) is 59.9 Å². The lowest BCUT2D eigenvalue weighted by Crippen LogP contribution is -2.39. The molecule has 6 nitrogen and oxygen atoms in total. The number of nitrogens with zero attached hydrogens (tertiary/aromatic N) is 2. The highest BCUT2D eigenvalue weighted by Crippen LogP contribution is 2.18. The Morgan fingerprint density at radius 2 is 1.70 bits per heavy atom. The molecule has 0 aliphatic heterocycles. The summed E-state index contributed by atoms with van der Waals surface area (Å²) >= 11 is 0. The lowest BCUT2D eigenvalue weighted by Gasteiger charge is -2.22. The van der Waals surface area contributed by atoms with Crippen LogP contribution in [0.5, 0.6) is 5.75 Å². The van der Waals surface area contributed by atoms with E-state index < -0.39 is 0 Å². The van der Waals surface area contributed by atoms with Crippen LogP contribution in [0, 0.1) is 5.82 Å². The van der Waals surface area contributed by atoms with Crippen LogP contribution in [0.3, 0.4) is 0 Å². The van der Waals surface area contributed by atoms with E-state index >= 15 is 0 Å². The first kappa shape index (κ1) is 20.4. The monoisotopic (exact) mass is 373 g/mol. The minimum Gasteiger partial charge on any atom is -0.496 e. The molecule has 0 aromatic heterocycles. The van der Waals surface area contributed by atoms with Gasteiger partial charge >= 0.3 is 0 Å². The van der Waals surface area contributed by atoms with Gasteiger partial charge in [-0.1, -0.05) is 18.2 Å². The van der Waals surface area contributed by atoms with Crippen molar-refractivity contribution in [1.29, 1.82) is 0 Å². The molecule has 0 radical (unpaired) electrons. The molecule has 0 fully saturated rings. The lowest BCUT2D eigenvalue weighted by molar-refractivity contribution is -0.131. The zero-order valence-corrected chi connectivity index (χ0v) is 15.7. The summed E-state index contributed by atoms with van der Waals surface area (Å²) in [7, 11) is 4.99. The quantitative estimate of drug-likeness (QED) is 0.772. The molecule has 0 saturated heterocycles. The Hall–Kier alpha value is -2.93. The number of ether oxygens (including phenoxy) is 1. The summed E-state index contributed by atoms with van der Waals surface area (Å²) in [5, 5.41) is 2.67. The van der Waals surface area contributed by atoms with Gasteiger partial charge in [0.1, 0.15) is 11.6 Å². The molecule has 0 bridgehead atoms. The van der Waals surface area contributed by atoms with Crippen molar-refractivity contribution in [3.8, 4) is 5.75 Å². The molecule has 2 rings (SSSR count). The number of halogens is 1. The number of rotatable bonds is 8. The number of anilines is 1. The molecule has 0 aliphatic carbocycles. The Bertz CT molecular complexity index is 780. The van der Waals surface area contributed by atoms with E-state index in [-0.39, 0.29) is 30.7 Å². The summed E-state index contributed by atoms with van der Waals surface area (Å²) in [6.45, 7) is 0.562. The molecule has 0 aliphatic rings. The molecule has 2 aromatic carbocycles. The molecule has 0 unspecified atom stereocenters. The van der Waals surface area contributed by atoms with Crippen LogP contribution >= 0.6 is 0 Å². The molecular weight excluding hydrogens is 349 g/mol. The Balaban J connectivity index is 1.83. The third-order valence-electron chi connectivity index (χ3n) is 3.97. The standard InChI is InChI=1S/C20H24FN3O3/c1-23(13-19(25)22-17-10-8-16(21)9-11-17)14-20(26)24(2)12-15-6-4-5-7-18(15)27-3/h4-11H,12-14H2,1-3H3,(H,22,25). The van der Waals surface area contributed by atoms with Crippen LogP contribution in [0.15, 0.2) is 48.5 Å². The third kappa shape index (κ3) is 6.38. The van der Waals surface area contributed by atoms with Crippen molar-refractivity contribution in [3.63, 3.8) is 0 Å². The van der Waals surface area contributed by atoms with Crippen molar-refractivity contribution in [2.45, 2.75) is 6.54 Å². The SMILES string of the molecule is COc1ccccc1CN(C)C(=O)CN(C)CC(=O)Nc1ccc(F)cc1. The molecule has 27 heavy (non-hydrogen) atoms. The predicted octanol–water partition coefficient (Wildman–Crippen LogP) is 2.36. The third-order valence-corrected chi connectivity index (χ3v) is 3.97. The molecule has 1 N–H and O–H groups in total. The lowest BCUT2D eigenvalue weighted by atomic mass is 10.2. The number of carbonyl (C=O) groups excluding carboxylic acids is 2. The van der Waals surface area contributed by atoms with E-state index in [2.05, 4.69) is 5.32 Å². The number of nitrogens with one attached hydrogen (secondary N) is 1. The minimum absolute atomic E-state index is 0.0472. The molecule has 144 valence electrons. The molecule has 7 heteroatoms. The number of likely N-dealkylation sites (N-methyl/N-ethyl adjacent to an activating group) is 2. The van der Waals surface area contributed by atoms with E-state index in [1.807, 2.05) is 24.3 Å². The molecule has 0 saturated carbocycles. The van der Waals surface area contributed by atoms with Gasteiger partial charge in [0.2, 0.25) is 11.8 Å². The first-order valence-electron chi connectivity index (χ1n) is 8.49. The fourth-order valence-corrected chi connectivity index (χ4v) is 2.56. The summed E-state index contributed by atoms with van der Waals surface area (Å²) in [4.78, 5) is 27.7. The number of carbonyl (C=O) groups is 2. The normalized spacial score (nSPS) is 10.6. The van der Waals surface area contributed by atoms with Gasteiger partial charge < -0.3 is 15.0 Å². The Kier molecular flexibility index (Phi) is 7.31. The predicted molar refractivity (Wildman–Crippen MR) is 102 cm³/mol. The summed E-state index contributed by atoms with van der Waals surface area (Å²) in [5.41, 5.74) is 1.42. The van der Waals surface area contributed by atoms with Gasteiger partial charge in [0.15, 0.2) is 0 Å². The zero-order valence-electron chi connectivity index (χ0n) is 15.7. The minimum atomic E-state index is -0.367. The van der Waals surface area contributed by atoms with E-state index in [0.717, 1.165) is 11.3 Å². The fourth-order valence-electron chi connectivity index (χ4n) is 2.56. The highest BCUT2D eigenvalue weighted by Gasteiger charge is 2.16. The second-order valence-electron chi connectivity index (χ2n) is 6.29. The molecule has 0 atom stereocenters. The molecule has 0 heterocycles. The Morgan fingerprint density at radius 1 is 1.04 bits per heavy atom. The number of hydrogen-bond acceptors (Lipinski definition) is 4. The van der Waals surface area contributed by atoms with Crippen LogP contribution in [-0.2, 0) is 16.1 Å². The average molecular weight is 373 g/mol. The number of hydrogen-bond donors (Lipinski definition) is 1. The van der Waals surface area contributed by atoms with Crippen LogP contribution in [0.2, 0.25) is 0 Å². The fraction of sp³-hybridized carbons (Fsp3) is 0.300. The first-order valence-corrected chi connectivity index (χ1v) is 8.49. The average Bonchev–Trinajstić information content (AvgIpc) is 2.63. The van der Waals surface area contributed by atoms with E-state index in [9.17, 15) is 14.0 Å². The van der Waals surface area contributed by atoms with Gasteiger partial charge in [0.05, 0.1) is 20.2 Å². The Labute approximate surface area is 158 Å². The van der Waals surface area contributed by atoms with Gasteiger partial charge in [-0.25, -0.2) is 4.39 Å². The maximum atomic E-state index is 12.9. The topological polar surface area (TPSA) is 61.9 Å². The van der Waals surface area contributed by atoms with Crippen LogP contribution in [0.1, 0.15) is 5.56 Å². The Morgan fingerprint density at radius 3 is 2.37 bits per heavy atom. The summed E-state index contributed by atoms with van der Waals surface area (Å²) in [5.74, 6) is -0.0275. The van der Waals surface area contributed by atoms with Crippen molar-refractivity contribution in [2.75, 3.05) is 39.6 Å². The summed E-state index contributed by atoms with van der Waals surface area (Å²) < 4.78 is 18.2. The van der Waals surface area contributed by atoms with Crippen LogP contribution < -0.4 is 10.1 Å². The van der Waals surface area contributed by atoms with Crippen LogP contribution in [-0.4, -0.2) is 55.9 Å². The van der Waals surface area contributed by atoms with Gasteiger partial charge in [-0.3, -0.25) is 14.5 Å². The number of para-hydroxylation sites is 1. The highest BCUT2D eigenvalue weighted by molar-refractivity contribution is 5.92. The van der Waals surface area contributed by atoms with E-state index in [4.69, 9.17) is 4.74 Å². The van der Waals surface area contributed by atoms with Crippen molar-refractivity contribution in [1.82, 2.24) is 9.80 Å². The van der Waals surface area contributed by atoms with Crippen LogP contribution in [0.4, 0.5) is 10.1 Å². The van der Waals surface area contributed by atoms with Gasteiger partial charge in [-0.2, -0.15) is 0 Å². The van der Waals surface area contributed by atoms with Gasteiger partial charge in [0.25, 0.3) is 0 Å². The number of amides is 2. The summed E-state index contributed by atoms with van der Waals surface area (Å²) in [6.07, 6.45) is 0. The van der Waals surface area contributed by atoms with Crippen molar-refractivity contribution in [2.24, 2.45) is 0 Å². The van der Waals surface area contributed by atoms with E-state index in [0.29, 0.717) is 12.2 Å². The second kappa shape index (κ2) is 9.68. The van der Waals surface area contributed by atoms with Gasteiger partial charge in [-0.15, -0.1) is 0 Å². The van der Waals surface area contributed by atoms with Gasteiger partial charge in [0, 0.05) is 24.8 Å². The number of methoxy groups -OCH3 is 1. The highest BCUT2D eigenvalue weighted by atomic mass is 19.1. The second-order valence-corrected chi connectivity index (χ2v) is 6.29. The first-order chi connectivity index (χ1) is 12.9. The smallest absolute Gasteiger partial charge is 0.238 e. The molecule has 0 spiro atoms. The van der Waals surface area contributed by atoms with E-state index in [1.165, 1.54) is 24.3 Å². The summed E-state index contributed by atoms with van der Waals surface area (Å²) in [6, 6.07) is 13.0. The number of benzene rings is 2. The molecule has 2 amide bonds. The van der Waals surface area contributed by atoms with Crippen molar-refractivity contribution < 1.29 is 18.7 Å². The largest absolute Gasteiger partial charge is 0.496 e.